The number of benzene rings is 3. The van der Waals surface area contributed by atoms with Gasteiger partial charge in [0.15, 0.2) is 0 Å². The summed E-state index contributed by atoms with van der Waals surface area (Å²) in [6.45, 7) is 4.82. The van der Waals surface area contributed by atoms with Gasteiger partial charge in [0.05, 0.1) is 23.9 Å². The summed E-state index contributed by atoms with van der Waals surface area (Å²) in [6.07, 6.45) is 3.30. The molecule has 0 radical (unpaired) electrons. The lowest BCUT2D eigenvalue weighted by Crippen LogP contribution is -2.13. The molecule has 0 fully saturated rings. The van der Waals surface area contributed by atoms with Gasteiger partial charge in [-0.3, -0.25) is 4.79 Å². The zero-order valence-electron chi connectivity index (χ0n) is 20.4. The van der Waals surface area contributed by atoms with Crippen molar-refractivity contribution in [1.82, 2.24) is 9.78 Å². The van der Waals surface area contributed by atoms with Gasteiger partial charge in [-0.05, 0) is 74.5 Å². The molecule has 37 heavy (non-hydrogen) atoms. The molecule has 1 N–H and O–H groups in total. The van der Waals surface area contributed by atoms with Crippen molar-refractivity contribution in [3.05, 3.63) is 95.2 Å². The third-order valence-electron chi connectivity index (χ3n) is 5.36. The number of hydrogen-bond donors (Lipinski definition) is 1. The summed E-state index contributed by atoms with van der Waals surface area (Å²) >= 11 is 6.44. The summed E-state index contributed by atoms with van der Waals surface area (Å²) in [6, 6.07) is 23.9. The second-order valence-corrected chi connectivity index (χ2v) is 8.28. The molecule has 0 spiro atoms. The molecule has 4 rings (SSSR count). The first-order valence-electron chi connectivity index (χ1n) is 11.8. The normalized spacial score (nSPS) is 11.0. The number of halogens is 1. The minimum Gasteiger partial charge on any atom is -0.494 e. The van der Waals surface area contributed by atoms with Crippen LogP contribution in [0.15, 0.2) is 84.6 Å². The minimum atomic E-state index is -0.533. The molecule has 1 heterocycles. The number of nitrogens with zero attached hydrogens (tertiary/aromatic N) is 3. The summed E-state index contributed by atoms with van der Waals surface area (Å²) in [5, 5.41) is 17.8. The van der Waals surface area contributed by atoms with E-state index in [9.17, 15) is 10.1 Å². The molecule has 0 saturated heterocycles. The summed E-state index contributed by atoms with van der Waals surface area (Å²) in [5.74, 6) is 0.735. The molecule has 0 bridgehead atoms. The fourth-order valence-corrected chi connectivity index (χ4v) is 3.89. The van der Waals surface area contributed by atoms with Crippen LogP contribution in [0.5, 0.6) is 11.5 Å². The molecule has 1 aromatic heterocycles. The number of para-hydroxylation sites is 1. The van der Waals surface area contributed by atoms with Gasteiger partial charge in [-0.15, -0.1) is 0 Å². The van der Waals surface area contributed by atoms with Gasteiger partial charge in [-0.1, -0.05) is 29.8 Å². The molecule has 7 nitrogen and oxygen atoms in total. The molecule has 0 atom stereocenters. The van der Waals surface area contributed by atoms with E-state index in [0.717, 1.165) is 11.3 Å². The topological polar surface area (TPSA) is 89.2 Å². The van der Waals surface area contributed by atoms with E-state index < -0.39 is 5.91 Å². The number of nitriles is 1. The van der Waals surface area contributed by atoms with Crippen LogP contribution in [0.3, 0.4) is 0 Å². The van der Waals surface area contributed by atoms with Gasteiger partial charge >= 0.3 is 0 Å². The van der Waals surface area contributed by atoms with Crippen LogP contribution in [-0.2, 0) is 4.79 Å². The van der Waals surface area contributed by atoms with Crippen LogP contribution in [0, 0.1) is 11.3 Å². The molecular weight excluding hydrogens is 488 g/mol. The van der Waals surface area contributed by atoms with Gasteiger partial charge in [0.2, 0.25) is 0 Å². The number of nitrogens with one attached hydrogen (secondary N) is 1. The van der Waals surface area contributed by atoms with Crippen molar-refractivity contribution in [3.63, 3.8) is 0 Å². The van der Waals surface area contributed by atoms with Crippen molar-refractivity contribution >= 4 is 29.3 Å². The zero-order chi connectivity index (χ0) is 26.2. The van der Waals surface area contributed by atoms with Crippen LogP contribution in [-0.4, -0.2) is 28.9 Å². The predicted octanol–water partition coefficient (Wildman–Crippen LogP) is 6.54. The van der Waals surface area contributed by atoms with E-state index in [1.807, 2.05) is 56.3 Å². The molecule has 1 amide bonds. The van der Waals surface area contributed by atoms with Crippen molar-refractivity contribution in [1.29, 1.82) is 5.26 Å². The molecule has 8 heteroatoms. The number of ether oxygens (including phenoxy) is 2. The fourth-order valence-electron chi connectivity index (χ4n) is 3.65. The van der Waals surface area contributed by atoms with E-state index >= 15 is 0 Å². The number of hydrogen-bond acceptors (Lipinski definition) is 5. The Morgan fingerprint density at radius 2 is 1.78 bits per heavy atom. The van der Waals surface area contributed by atoms with E-state index in [1.165, 1.54) is 6.08 Å². The molecule has 3 aromatic carbocycles. The fraction of sp³-hybridized carbons (Fsp3) is 0.138. The maximum atomic E-state index is 13.0. The average molecular weight is 513 g/mol. The Morgan fingerprint density at radius 1 is 1.05 bits per heavy atom. The van der Waals surface area contributed by atoms with Gasteiger partial charge in [-0.2, -0.15) is 10.4 Å². The Morgan fingerprint density at radius 3 is 2.43 bits per heavy atom. The van der Waals surface area contributed by atoms with E-state index in [0.29, 0.717) is 46.7 Å². The van der Waals surface area contributed by atoms with Crippen LogP contribution in [0.4, 0.5) is 5.69 Å². The summed E-state index contributed by atoms with van der Waals surface area (Å²) < 4.78 is 12.7. The second kappa shape index (κ2) is 11.9. The van der Waals surface area contributed by atoms with Crippen molar-refractivity contribution in [2.75, 3.05) is 18.5 Å². The highest BCUT2D eigenvalue weighted by Crippen LogP contribution is 2.32. The summed E-state index contributed by atoms with van der Waals surface area (Å²) in [7, 11) is 0. The first-order chi connectivity index (χ1) is 18.0. The van der Waals surface area contributed by atoms with E-state index in [1.54, 1.807) is 47.3 Å². The Kier molecular flexibility index (Phi) is 8.24. The van der Waals surface area contributed by atoms with Gasteiger partial charge in [0, 0.05) is 23.0 Å². The largest absolute Gasteiger partial charge is 0.494 e. The smallest absolute Gasteiger partial charge is 0.266 e. The van der Waals surface area contributed by atoms with Gasteiger partial charge in [0.1, 0.15) is 28.8 Å². The number of aromatic nitrogens is 2. The molecule has 0 aliphatic heterocycles. The van der Waals surface area contributed by atoms with Crippen molar-refractivity contribution < 1.29 is 14.3 Å². The predicted molar refractivity (Wildman–Crippen MR) is 145 cm³/mol. The molecule has 0 aliphatic rings. The highest BCUT2D eigenvalue weighted by molar-refractivity contribution is 6.32. The van der Waals surface area contributed by atoms with Crippen LogP contribution in [0.1, 0.15) is 19.4 Å². The number of carbonyl (C=O) groups is 1. The van der Waals surface area contributed by atoms with Gasteiger partial charge in [-0.25, -0.2) is 4.68 Å². The Labute approximate surface area is 220 Å². The number of carbonyl (C=O) groups excluding carboxylic acids is 1. The lowest BCUT2D eigenvalue weighted by Gasteiger charge is -2.08. The molecule has 186 valence electrons. The maximum Gasteiger partial charge on any atom is 0.266 e. The Hall–Kier alpha value is -4.54. The van der Waals surface area contributed by atoms with Crippen LogP contribution < -0.4 is 14.8 Å². The monoisotopic (exact) mass is 512 g/mol. The molecule has 4 aromatic rings. The third-order valence-corrected chi connectivity index (χ3v) is 5.65. The molecule has 0 saturated carbocycles. The van der Waals surface area contributed by atoms with Crippen LogP contribution in [0.25, 0.3) is 23.0 Å². The van der Waals surface area contributed by atoms with Gasteiger partial charge < -0.3 is 14.8 Å². The van der Waals surface area contributed by atoms with Gasteiger partial charge in [0.25, 0.3) is 5.91 Å². The minimum absolute atomic E-state index is 0.0696. The quantitative estimate of drug-likeness (QED) is 0.203. The average Bonchev–Trinajstić information content (AvgIpc) is 3.34. The second-order valence-electron chi connectivity index (χ2n) is 7.87. The third kappa shape index (κ3) is 6.18. The first kappa shape index (κ1) is 25.5. The van der Waals surface area contributed by atoms with E-state index in [4.69, 9.17) is 26.2 Å². The Bertz CT molecular complexity index is 1460. The van der Waals surface area contributed by atoms with Crippen LogP contribution >= 0.6 is 11.6 Å². The highest BCUT2D eigenvalue weighted by Gasteiger charge is 2.17. The lowest BCUT2D eigenvalue weighted by molar-refractivity contribution is -0.112. The molecule has 0 unspecified atom stereocenters. The SMILES string of the molecule is CCOc1ccc(NC(=O)/C(C#N)=C\c2cn(-c3ccccc3)nc2-c2ccc(OCC)c(Cl)c2)cc1. The van der Waals surface area contributed by atoms with Crippen molar-refractivity contribution in [2.24, 2.45) is 0 Å². The zero-order valence-corrected chi connectivity index (χ0v) is 21.2. The number of rotatable bonds is 9. The first-order valence-corrected chi connectivity index (χ1v) is 12.1. The van der Waals surface area contributed by atoms with Crippen molar-refractivity contribution in [3.8, 4) is 34.5 Å². The molecular formula is C29H25ClN4O3. The maximum absolute atomic E-state index is 13.0. The summed E-state index contributed by atoms with van der Waals surface area (Å²) in [5.41, 5.74) is 3.18. The summed E-state index contributed by atoms with van der Waals surface area (Å²) in [4.78, 5) is 13.0. The highest BCUT2D eigenvalue weighted by atomic mass is 35.5. The lowest BCUT2D eigenvalue weighted by atomic mass is 10.1. The standard InChI is InChI=1S/C29H25ClN4O3/c1-3-36-25-13-11-23(12-14-25)32-29(35)21(18-31)16-22-19-34(24-8-6-5-7-9-24)33-28(22)20-10-15-27(37-4-2)26(30)17-20/h5-17,19H,3-4H2,1-2H3,(H,32,35)/b21-16-. The van der Waals surface area contributed by atoms with E-state index in [-0.39, 0.29) is 5.57 Å². The van der Waals surface area contributed by atoms with Crippen LogP contribution in [0.2, 0.25) is 5.02 Å². The number of amides is 1. The number of anilines is 1. The van der Waals surface area contributed by atoms with Crippen molar-refractivity contribution in [2.45, 2.75) is 13.8 Å². The Balaban J connectivity index is 1.71. The van der Waals surface area contributed by atoms with E-state index in [2.05, 4.69) is 5.32 Å². The molecule has 0 aliphatic carbocycles.